The predicted octanol–water partition coefficient (Wildman–Crippen LogP) is 10.1. The zero-order chi connectivity index (χ0) is 25.5. The van der Waals surface area contributed by atoms with Crippen molar-refractivity contribution in [2.75, 3.05) is 0 Å². The number of para-hydroxylation sites is 1. The molecule has 180 valence electrons. The van der Waals surface area contributed by atoms with Gasteiger partial charge in [0.1, 0.15) is 0 Å². The van der Waals surface area contributed by atoms with Gasteiger partial charge in [0.15, 0.2) is 0 Å². The van der Waals surface area contributed by atoms with Crippen molar-refractivity contribution in [3.63, 3.8) is 0 Å². The summed E-state index contributed by atoms with van der Waals surface area (Å²) >= 11 is 0. The van der Waals surface area contributed by atoms with Crippen LogP contribution in [0.5, 0.6) is 0 Å². The summed E-state index contributed by atoms with van der Waals surface area (Å²) < 4.78 is 2.41. The third-order valence-electron chi connectivity index (χ3n) is 7.47. The van der Waals surface area contributed by atoms with E-state index in [2.05, 4.69) is 157 Å². The molecule has 0 bridgehead atoms. The number of hydrogen-bond donors (Lipinski definition) is 0. The summed E-state index contributed by atoms with van der Waals surface area (Å²) in [7, 11) is 0. The summed E-state index contributed by atoms with van der Waals surface area (Å²) in [5.74, 6) is 0. The highest BCUT2D eigenvalue weighted by Gasteiger charge is 2.14. The molecule has 0 radical (unpaired) electrons. The highest BCUT2D eigenvalue weighted by molar-refractivity contribution is 6.11. The lowest BCUT2D eigenvalue weighted by Crippen LogP contribution is -1.95. The van der Waals surface area contributed by atoms with Gasteiger partial charge in [0, 0.05) is 16.2 Å². The lowest BCUT2D eigenvalue weighted by atomic mass is 10.0. The molecule has 0 saturated carbocycles. The van der Waals surface area contributed by atoms with E-state index < -0.39 is 0 Å². The van der Waals surface area contributed by atoms with E-state index in [4.69, 9.17) is 0 Å². The number of nitrogens with zero attached hydrogens (tertiary/aromatic N) is 1. The molecule has 0 amide bonds. The topological polar surface area (TPSA) is 4.93 Å². The van der Waals surface area contributed by atoms with Crippen LogP contribution in [0, 0.1) is 6.92 Å². The summed E-state index contributed by atoms with van der Waals surface area (Å²) in [6, 6.07) is 48.3. The first-order valence-electron chi connectivity index (χ1n) is 13.1. The van der Waals surface area contributed by atoms with Crippen LogP contribution >= 0.6 is 0 Å². The van der Waals surface area contributed by atoms with Crippen LogP contribution < -0.4 is 0 Å². The summed E-state index contributed by atoms with van der Waals surface area (Å²) in [5, 5.41) is 5.06. The van der Waals surface area contributed by atoms with Gasteiger partial charge in [0.05, 0.1) is 16.7 Å². The van der Waals surface area contributed by atoms with Crippen LogP contribution in [0.25, 0.3) is 61.5 Å². The number of aryl methyl sites for hydroxylation is 1. The van der Waals surface area contributed by atoms with Crippen LogP contribution in [-0.4, -0.2) is 4.57 Å². The number of aromatic nitrogens is 1. The second kappa shape index (κ2) is 9.21. The van der Waals surface area contributed by atoms with Crippen molar-refractivity contribution in [1.82, 2.24) is 4.57 Å². The lowest BCUT2D eigenvalue weighted by Gasteiger charge is -2.11. The largest absolute Gasteiger partial charge is 0.309 e. The van der Waals surface area contributed by atoms with Crippen LogP contribution in [0.4, 0.5) is 0 Å². The van der Waals surface area contributed by atoms with Gasteiger partial charge in [-0.25, -0.2) is 0 Å². The van der Waals surface area contributed by atoms with Gasteiger partial charge >= 0.3 is 0 Å². The van der Waals surface area contributed by atoms with Crippen molar-refractivity contribution < 1.29 is 0 Å². The van der Waals surface area contributed by atoms with Crippen molar-refractivity contribution >= 4 is 44.7 Å². The minimum absolute atomic E-state index is 1.20. The average molecular weight is 486 g/mol. The molecule has 0 aliphatic heterocycles. The molecule has 1 nitrogen and oxygen atoms in total. The van der Waals surface area contributed by atoms with Crippen LogP contribution in [-0.2, 0) is 0 Å². The summed E-state index contributed by atoms with van der Waals surface area (Å²) in [6.07, 6.45) is 4.35. The first-order chi connectivity index (χ1) is 18.7. The Morgan fingerprint density at radius 1 is 0.474 bits per heavy atom. The fourth-order valence-electron chi connectivity index (χ4n) is 5.47. The molecular formula is C37H27N. The van der Waals surface area contributed by atoms with E-state index in [-0.39, 0.29) is 0 Å². The maximum absolute atomic E-state index is 2.41. The molecule has 6 aromatic carbocycles. The average Bonchev–Trinajstić information content (AvgIpc) is 3.30. The molecule has 7 aromatic rings. The molecule has 0 aliphatic rings. The molecule has 1 heterocycles. The van der Waals surface area contributed by atoms with Crippen molar-refractivity contribution in [1.29, 1.82) is 0 Å². The Morgan fingerprint density at radius 3 is 1.87 bits per heavy atom. The summed E-state index contributed by atoms with van der Waals surface area (Å²) in [4.78, 5) is 0. The molecule has 0 spiro atoms. The van der Waals surface area contributed by atoms with E-state index >= 15 is 0 Å². The van der Waals surface area contributed by atoms with Gasteiger partial charge in [-0.05, 0) is 58.8 Å². The maximum atomic E-state index is 2.41. The quantitative estimate of drug-likeness (QED) is 0.219. The van der Waals surface area contributed by atoms with Crippen LogP contribution in [0.15, 0.2) is 133 Å². The van der Waals surface area contributed by atoms with Gasteiger partial charge in [0.2, 0.25) is 0 Å². The zero-order valence-corrected chi connectivity index (χ0v) is 21.3. The molecule has 0 atom stereocenters. The van der Waals surface area contributed by atoms with E-state index in [1.54, 1.807) is 0 Å². The van der Waals surface area contributed by atoms with Gasteiger partial charge in [0.25, 0.3) is 0 Å². The van der Waals surface area contributed by atoms with Crippen LogP contribution in [0.1, 0.15) is 16.7 Å². The van der Waals surface area contributed by atoms with E-state index in [0.717, 1.165) is 0 Å². The fourth-order valence-corrected chi connectivity index (χ4v) is 5.47. The monoisotopic (exact) mass is 485 g/mol. The first-order valence-corrected chi connectivity index (χ1v) is 13.1. The zero-order valence-electron chi connectivity index (χ0n) is 21.3. The van der Waals surface area contributed by atoms with Crippen molar-refractivity contribution in [2.45, 2.75) is 6.92 Å². The Labute approximate surface area is 222 Å². The summed E-state index contributed by atoms with van der Waals surface area (Å²) in [6.45, 7) is 2.12. The molecule has 7 rings (SSSR count). The maximum Gasteiger partial charge on any atom is 0.0541 e. The molecule has 0 unspecified atom stereocenters. The van der Waals surface area contributed by atoms with E-state index in [9.17, 15) is 0 Å². The molecule has 1 heteroatoms. The highest BCUT2D eigenvalue weighted by atomic mass is 15.0. The molecule has 0 N–H and O–H groups in total. The minimum Gasteiger partial charge on any atom is -0.309 e. The van der Waals surface area contributed by atoms with Gasteiger partial charge in [-0.15, -0.1) is 0 Å². The standard InChI is InChI=1S/C37H27N/c1-26-13-15-27(16-14-26)17-18-28-19-21-29(22-20-28)31-23-24-37-34(25-31)33-10-4-5-11-36(33)38(37)35-12-6-8-30-7-2-3-9-32(30)35/h2-25H,1H3/b18-17+. The van der Waals surface area contributed by atoms with E-state index in [1.165, 1.54) is 66.1 Å². The fraction of sp³-hybridized carbons (Fsp3) is 0.0270. The lowest BCUT2D eigenvalue weighted by molar-refractivity contribution is 1.20. The number of fused-ring (bicyclic) bond motifs is 4. The van der Waals surface area contributed by atoms with Gasteiger partial charge in [-0.2, -0.15) is 0 Å². The Bertz CT molecular complexity index is 1950. The highest BCUT2D eigenvalue weighted by Crippen LogP contribution is 2.36. The van der Waals surface area contributed by atoms with Gasteiger partial charge in [-0.3, -0.25) is 0 Å². The molecule has 1 aromatic heterocycles. The van der Waals surface area contributed by atoms with Crippen molar-refractivity contribution in [2.24, 2.45) is 0 Å². The Hall–Kier alpha value is -4.88. The molecular weight excluding hydrogens is 458 g/mol. The molecule has 0 saturated heterocycles. The predicted molar refractivity (Wildman–Crippen MR) is 164 cm³/mol. The SMILES string of the molecule is Cc1ccc(/C=C/c2ccc(-c3ccc4c(c3)c3ccccc3n4-c3cccc4ccccc34)cc2)cc1. The Kier molecular flexibility index (Phi) is 5.41. The minimum atomic E-state index is 1.20. The summed E-state index contributed by atoms with van der Waals surface area (Å²) in [5.41, 5.74) is 9.82. The van der Waals surface area contributed by atoms with Crippen molar-refractivity contribution in [3.8, 4) is 16.8 Å². The second-order valence-electron chi connectivity index (χ2n) is 9.95. The first kappa shape index (κ1) is 22.3. The van der Waals surface area contributed by atoms with E-state index in [1.807, 2.05) is 0 Å². The number of rotatable bonds is 4. The molecule has 0 aliphatic carbocycles. The van der Waals surface area contributed by atoms with Gasteiger partial charge < -0.3 is 4.57 Å². The Balaban J connectivity index is 1.31. The third kappa shape index (κ3) is 3.90. The van der Waals surface area contributed by atoms with Crippen molar-refractivity contribution in [3.05, 3.63) is 150 Å². The smallest absolute Gasteiger partial charge is 0.0541 e. The second-order valence-corrected chi connectivity index (χ2v) is 9.95. The molecule has 38 heavy (non-hydrogen) atoms. The van der Waals surface area contributed by atoms with Crippen LogP contribution in [0.3, 0.4) is 0 Å². The Morgan fingerprint density at radius 2 is 1.08 bits per heavy atom. The number of hydrogen-bond acceptors (Lipinski definition) is 0. The normalized spacial score (nSPS) is 11.7. The molecule has 0 fully saturated rings. The third-order valence-corrected chi connectivity index (χ3v) is 7.47. The van der Waals surface area contributed by atoms with Crippen LogP contribution in [0.2, 0.25) is 0 Å². The van der Waals surface area contributed by atoms with Gasteiger partial charge in [-0.1, -0.05) is 127 Å². The number of benzene rings is 6. The van der Waals surface area contributed by atoms with E-state index in [0.29, 0.717) is 0 Å².